The van der Waals surface area contributed by atoms with Crippen molar-refractivity contribution < 1.29 is 14.3 Å². The first-order valence-corrected chi connectivity index (χ1v) is 8.18. The summed E-state index contributed by atoms with van der Waals surface area (Å²) < 4.78 is 11.4. The van der Waals surface area contributed by atoms with E-state index in [9.17, 15) is 4.79 Å². The molecule has 2 fully saturated rings. The number of aromatic nitrogens is 1. The predicted molar refractivity (Wildman–Crippen MR) is 87.4 cm³/mol. The van der Waals surface area contributed by atoms with E-state index in [1.807, 2.05) is 11.0 Å². The van der Waals surface area contributed by atoms with Crippen LogP contribution in [0.25, 0.3) is 0 Å². The molecule has 2 saturated heterocycles. The number of carbonyl (C=O) groups excluding carboxylic acids is 1. The molecule has 0 radical (unpaired) electrons. The zero-order valence-corrected chi connectivity index (χ0v) is 14.1. The van der Waals surface area contributed by atoms with Gasteiger partial charge in [-0.2, -0.15) is 0 Å². The first-order chi connectivity index (χ1) is 10.9. The average Bonchev–Trinajstić information content (AvgIpc) is 2.95. The highest BCUT2D eigenvalue weighted by molar-refractivity contribution is 5.92. The van der Waals surface area contributed by atoms with Crippen LogP contribution in [-0.2, 0) is 9.47 Å². The highest BCUT2D eigenvalue weighted by atomic mass is 16.7. The van der Waals surface area contributed by atoms with Crippen molar-refractivity contribution >= 4 is 11.6 Å². The van der Waals surface area contributed by atoms with Gasteiger partial charge in [-0.25, -0.2) is 4.98 Å². The summed E-state index contributed by atoms with van der Waals surface area (Å²) in [7, 11) is 0. The minimum absolute atomic E-state index is 0.0276. The molecule has 6 heteroatoms. The van der Waals surface area contributed by atoms with Gasteiger partial charge in [-0.1, -0.05) is 0 Å². The summed E-state index contributed by atoms with van der Waals surface area (Å²) in [5.41, 5.74) is 1.36. The van der Waals surface area contributed by atoms with Gasteiger partial charge >= 0.3 is 0 Å². The van der Waals surface area contributed by atoms with Crippen LogP contribution in [0.2, 0.25) is 0 Å². The second kappa shape index (κ2) is 6.09. The molecule has 0 aliphatic carbocycles. The lowest BCUT2D eigenvalue weighted by Crippen LogP contribution is -2.47. The molecule has 1 aromatic heterocycles. The molecule has 2 aliphatic heterocycles. The van der Waals surface area contributed by atoms with E-state index in [1.54, 1.807) is 12.3 Å². The molecule has 0 bridgehead atoms. The molecule has 23 heavy (non-hydrogen) atoms. The van der Waals surface area contributed by atoms with Gasteiger partial charge in [-0.05, 0) is 32.9 Å². The van der Waals surface area contributed by atoms with Crippen LogP contribution in [0.15, 0.2) is 18.3 Å². The number of anilines is 1. The van der Waals surface area contributed by atoms with Gasteiger partial charge in [0, 0.05) is 31.5 Å². The Morgan fingerprint density at radius 2 is 1.87 bits per heavy atom. The van der Waals surface area contributed by atoms with Crippen LogP contribution in [0.3, 0.4) is 0 Å². The van der Waals surface area contributed by atoms with Crippen LogP contribution in [0.1, 0.15) is 44.1 Å². The number of piperidine rings is 1. The Labute approximate surface area is 137 Å². The number of carbonyl (C=O) groups is 1. The number of nitrogens with one attached hydrogen (secondary N) is 1. The third-order valence-electron chi connectivity index (χ3n) is 4.13. The molecule has 3 rings (SSSR count). The Morgan fingerprint density at radius 3 is 2.39 bits per heavy atom. The molecule has 3 heterocycles. The van der Waals surface area contributed by atoms with Crippen LogP contribution in [0, 0.1) is 0 Å². The van der Waals surface area contributed by atoms with Crippen molar-refractivity contribution in [2.45, 2.75) is 44.9 Å². The molecule has 0 atom stereocenters. The summed E-state index contributed by atoms with van der Waals surface area (Å²) in [5, 5.41) is 3.34. The lowest BCUT2D eigenvalue weighted by Gasteiger charge is -2.37. The molecule has 2 aliphatic rings. The normalized spacial score (nSPS) is 20.7. The van der Waals surface area contributed by atoms with Crippen LogP contribution in [0.5, 0.6) is 0 Å². The Morgan fingerprint density at radius 1 is 1.22 bits per heavy atom. The molecule has 1 aromatic rings. The Bertz CT molecular complexity index is 549. The fraction of sp³-hybridized carbons (Fsp3) is 0.647. The van der Waals surface area contributed by atoms with E-state index in [0.717, 1.165) is 18.5 Å². The average molecular weight is 319 g/mol. The van der Waals surface area contributed by atoms with E-state index in [2.05, 4.69) is 31.1 Å². The van der Waals surface area contributed by atoms with Crippen molar-refractivity contribution in [3.8, 4) is 0 Å². The smallest absolute Gasteiger partial charge is 0.272 e. The standard InChI is InChI=1S/C17H25N3O3/c1-16(2,3)19-13-4-5-14(18-12-13)15(21)20-8-6-17(7-9-20)22-10-11-23-17/h4-5,12,19H,6-11H2,1-3H3. The predicted octanol–water partition coefficient (Wildman–Crippen LogP) is 2.27. The number of amides is 1. The molecule has 126 valence electrons. The van der Waals surface area contributed by atoms with Crippen molar-refractivity contribution in [1.82, 2.24) is 9.88 Å². The van der Waals surface area contributed by atoms with E-state index < -0.39 is 5.79 Å². The summed E-state index contributed by atoms with van der Waals surface area (Å²) in [6.07, 6.45) is 3.16. The Balaban J connectivity index is 1.60. The quantitative estimate of drug-likeness (QED) is 0.906. The van der Waals surface area contributed by atoms with Crippen molar-refractivity contribution in [2.75, 3.05) is 31.6 Å². The van der Waals surface area contributed by atoms with Gasteiger partial charge in [0.05, 0.1) is 25.1 Å². The number of likely N-dealkylation sites (tertiary alicyclic amines) is 1. The molecular formula is C17H25N3O3. The van der Waals surface area contributed by atoms with Crippen molar-refractivity contribution in [2.24, 2.45) is 0 Å². The first-order valence-electron chi connectivity index (χ1n) is 8.18. The van der Waals surface area contributed by atoms with E-state index in [-0.39, 0.29) is 11.4 Å². The molecule has 0 saturated carbocycles. The van der Waals surface area contributed by atoms with E-state index in [1.165, 1.54) is 0 Å². The summed E-state index contributed by atoms with van der Waals surface area (Å²) in [6, 6.07) is 3.68. The van der Waals surface area contributed by atoms with Crippen LogP contribution >= 0.6 is 0 Å². The molecule has 1 N–H and O–H groups in total. The van der Waals surface area contributed by atoms with Crippen molar-refractivity contribution in [3.63, 3.8) is 0 Å². The van der Waals surface area contributed by atoms with E-state index in [0.29, 0.717) is 32.0 Å². The van der Waals surface area contributed by atoms with Gasteiger partial charge in [0.1, 0.15) is 5.69 Å². The first kappa shape index (κ1) is 16.2. The number of pyridine rings is 1. The number of hydrogen-bond donors (Lipinski definition) is 1. The maximum absolute atomic E-state index is 12.6. The monoisotopic (exact) mass is 319 g/mol. The topological polar surface area (TPSA) is 63.7 Å². The molecule has 0 aromatic carbocycles. The molecule has 1 spiro atoms. The zero-order valence-electron chi connectivity index (χ0n) is 14.1. The largest absolute Gasteiger partial charge is 0.379 e. The molecular weight excluding hydrogens is 294 g/mol. The maximum Gasteiger partial charge on any atom is 0.272 e. The SMILES string of the molecule is CC(C)(C)Nc1ccc(C(=O)N2CCC3(CC2)OCCO3)nc1. The maximum atomic E-state index is 12.6. The minimum atomic E-state index is -0.454. The summed E-state index contributed by atoms with van der Waals surface area (Å²) >= 11 is 0. The molecule has 6 nitrogen and oxygen atoms in total. The van der Waals surface area contributed by atoms with E-state index >= 15 is 0 Å². The lowest BCUT2D eigenvalue weighted by molar-refractivity contribution is -0.181. The van der Waals surface area contributed by atoms with Gasteiger partial charge in [0.25, 0.3) is 5.91 Å². The van der Waals surface area contributed by atoms with Gasteiger partial charge < -0.3 is 19.7 Å². The number of rotatable bonds is 2. The van der Waals surface area contributed by atoms with Gasteiger partial charge in [-0.3, -0.25) is 4.79 Å². The van der Waals surface area contributed by atoms with Gasteiger partial charge in [-0.15, -0.1) is 0 Å². The highest BCUT2D eigenvalue weighted by Crippen LogP contribution is 2.31. The summed E-state index contributed by atoms with van der Waals surface area (Å²) in [6.45, 7) is 8.84. The third kappa shape index (κ3) is 3.82. The lowest BCUT2D eigenvalue weighted by atomic mass is 10.0. The molecule has 0 unspecified atom stereocenters. The highest BCUT2D eigenvalue weighted by Gasteiger charge is 2.40. The second-order valence-corrected chi connectivity index (χ2v) is 7.21. The van der Waals surface area contributed by atoms with E-state index in [4.69, 9.17) is 9.47 Å². The van der Waals surface area contributed by atoms with Gasteiger partial charge in [0.2, 0.25) is 0 Å². The molecule has 1 amide bonds. The zero-order chi connectivity index (χ0) is 16.5. The number of ether oxygens (including phenoxy) is 2. The fourth-order valence-corrected chi connectivity index (χ4v) is 3.03. The third-order valence-corrected chi connectivity index (χ3v) is 4.13. The Kier molecular flexibility index (Phi) is 4.29. The number of hydrogen-bond acceptors (Lipinski definition) is 5. The van der Waals surface area contributed by atoms with Crippen LogP contribution < -0.4 is 5.32 Å². The van der Waals surface area contributed by atoms with Gasteiger partial charge in [0.15, 0.2) is 5.79 Å². The minimum Gasteiger partial charge on any atom is -0.379 e. The summed E-state index contributed by atoms with van der Waals surface area (Å²) in [5.74, 6) is -0.481. The van der Waals surface area contributed by atoms with Crippen LogP contribution in [0.4, 0.5) is 5.69 Å². The van der Waals surface area contributed by atoms with Crippen molar-refractivity contribution in [3.05, 3.63) is 24.0 Å². The second-order valence-electron chi connectivity index (χ2n) is 7.21. The van der Waals surface area contributed by atoms with Crippen LogP contribution in [-0.4, -0.2) is 53.4 Å². The van der Waals surface area contributed by atoms with Crippen molar-refractivity contribution in [1.29, 1.82) is 0 Å². The number of nitrogens with zero attached hydrogens (tertiary/aromatic N) is 2. The Hall–Kier alpha value is -1.66. The summed E-state index contributed by atoms with van der Waals surface area (Å²) in [4.78, 5) is 18.7. The fourth-order valence-electron chi connectivity index (χ4n) is 3.03.